The van der Waals surface area contributed by atoms with Gasteiger partial charge in [0.2, 0.25) is 5.91 Å². The fraction of sp³-hybridized carbons (Fsp3) is 0.560. The summed E-state index contributed by atoms with van der Waals surface area (Å²) in [4.78, 5) is 48.3. The Kier molecular flexibility index (Phi) is 7.00. The van der Waals surface area contributed by atoms with Crippen molar-refractivity contribution in [2.75, 3.05) is 19.6 Å². The van der Waals surface area contributed by atoms with Crippen molar-refractivity contribution in [2.45, 2.75) is 64.5 Å². The maximum Gasteiger partial charge on any atom is 0.307 e. The van der Waals surface area contributed by atoms with Crippen molar-refractivity contribution < 1.29 is 19.1 Å². The number of imidazole rings is 1. The summed E-state index contributed by atoms with van der Waals surface area (Å²) in [6.45, 7) is 8.02. The van der Waals surface area contributed by atoms with Crippen LogP contribution in [-0.2, 0) is 20.9 Å². The van der Waals surface area contributed by atoms with Crippen molar-refractivity contribution in [3.05, 3.63) is 47.8 Å². The van der Waals surface area contributed by atoms with E-state index in [0.29, 0.717) is 25.2 Å². The molecule has 2 amide bonds. The molecule has 2 saturated heterocycles. The lowest BCUT2D eigenvalue weighted by Gasteiger charge is -2.35. The first-order valence-corrected chi connectivity index (χ1v) is 12.0. The summed E-state index contributed by atoms with van der Waals surface area (Å²) in [5.41, 5.74) is 1.51. The molecular formula is C25H33N5O4. The number of hydrogen-bond donors (Lipinski definition) is 1. The van der Waals surface area contributed by atoms with Gasteiger partial charge in [0.25, 0.3) is 5.91 Å². The Morgan fingerprint density at radius 2 is 2.00 bits per heavy atom. The minimum Gasteiger partial charge on any atom is -0.459 e. The second-order valence-corrected chi connectivity index (χ2v) is 9.73. The lowest BCUT2D eigenvalue weighted by Crippen LogP contribution is -2.46. The number of cyclic esters (lactones) is 1. The van der Waals surface area contributed by atoms with Crippen molar-refractivity contribution in [3.8, 4) is 0 Å². The van der Waals surface area contributed by atoms with Crippen LogP contribution in [0.15, 0.2) is 30.9 Å². The molecule has 182 valence electrons. The van der Waals surface area contributed by atoms with Gasteiger partial charge in [0, 0.05) is 50.2 Å². The molecule has 2 fully saturated rings. The predicted molar refractivity (Wildman–Crippen MR) is 125 cm³/mol. The number of amides is 2. The highest BCUT2D eigenvalue weighted by molar-refractivity contribution is 5.95. The van der Waals surface area contributed by atoms with Gasteiger partial charge in [-0.15, -0.1) is 0 Å². The molecule has 0 bridgehead atoms. The minimum absolute atomic E-state index is 0.0256. The van der Waals surface area contributed by atoms with Gasteiger partial charge >= 0.3 is 5.97 Å². The number of hydrogen-bond acceptors (Lipinski definition) is 6. The minimum atomic E-state index is -0.772. The number of rotatable bonds is 7. The highest BCUT2D eigenvalue weighted by Gasteiger charge is 2.48. The number of pyridine rings is 1. The second-order valence-electron chi connectivity index (χ2n) is 9.73. The third-order valence-electron chi connectivity index (χ3n) is 6.82. The molecular weight excluding hydrogens is 434 g/mol. The first-order valence-electron chi connectivity index (χ1n) is 12.0. The van der Waals surface area contributed by atoms with E-state index in [1.165, 1.54) is 0 Å². The molecule has 9 nitrogen and oxygen atoms in total. The molecule has 2 aromatic rings. The molecule has 4 rings (SSSR count). The van der Waals surface area contributed by atoms with Crippen LogP contribution in [0.3, 0.4) is 0 Å². The van der Waals surface area contributed by atoms with Gasteiger partial charge in [-0.3, -0.25) is 19.4 Å². The van der Waals surface area contributed by atoms with Gasteiger partial charge in [-0.05, 0) is 52.2 Å². The Labute approximate surface area is 199 Å². The average molecular weight is 468 g/mol. The van der Waals surface area contributed by atoms with Crippen LogP contribution in [0.2, 0.25) is 0 Å². The number of likely N-dealkylation sites (tertiary alicyclic amines) is 1. The van der Waals surface area contributed by atoms with E-state index < -0.39 is 11.5 Å². The number of aryl methyl sites for hydroxylation is 2. The van der Waals surface area contributed by atoms with Crippen LogP contribution in [0.4, 0.5) is 0 Å². The molecule has 4 heterocycles. The average Bonchev–Trinajstić information content (AvgIpc) is 3.42. The number of carbonyl (C=O) groups excluding carboxylic acids is 3. The van der Waals surface area contributed by atoms with Crippen LogP contribution in [0.25, 0.3) is 0 Å². The maximum absolute atomic E-state index is 13.1. The van der Waals surface area contributed by atoms with E-state index in [1.54, 1.807) is 26.4 Å². The summed E-state index contributed by atoms with van der Waals surface area (Å²) in [5.74, 6) is -0.803. The fourth-order valence-electron chi connectivity index (χ4n) is 4.85. The summed E-state index contributed by atoms with van der Waals surface area (Å²) in [7, 11) is 0. The monoisotopic (exact) mass is 467 g/mol. The highest BCUT2D eigenvalue weighted by atomic mass is 16.6. The Hall–Kier alpha value is -3.23. The van der Waals surface area contributed by atoms with E-state index in [1.807, 2.05) is 34.7 Å². The number of ether oxygens (including phenoxy) is 1. The molecule has 0 spiro atoms. The number of aromatic nitrogens is 3. The zero-order valence-corrected chi connectivity index (χ0v) is 20.1. The van der Waals surface area contributed by atoms with Gasteiger partial charge in [-0.1, -0.05) is 0 Å². The molecule has 2 aliphatic rings. The van der Waals surface area contributed by atoms with Crippen molar-refractivity contribution in [1.29, 1.82) is 0 Å². The Morgan fingerprint density at radius 1 is 1.24 bits per heavy atom. The first-order chi connectivity index (χ1) is 16.2. The van der Waals surface area contributed by atoms with Gasteiger partial charge in [0.05, 0.1) is 29.9 Å². The quantitative estimate of drug-likeness (QED) is 0.495. The number of carbonyl (C=O) groups is 3. The summed E-state index contributed by atoms with van der Waals surface area (Å²) in [6.07, 6.45) is 7.80. The SMILES string of the molecule is Cc1ccc(C(=O)NCCCn2ccnc2)c(C2CCN(C(=O)C3CC(=O)OC3(C)C)CC2)n1. The van der Waals surface area contributed by atoms with Gasteiger partial charge in [-0.2, -0.15) is 0 Å². The Balaban J connectivity index is 1.36. The van der Waals surface area contributed by atoms with Crippen molar-refractivity contribution >= 4 is 17.8 Å². The van der Waals surface area contributed by atoms with E-state index in [4.69, 9.17) is 9.72 Å². The lowest BCUT2D eigenvalue weighted by molar-refractivity contribution is -0.149. The van der Waals surface area contributed by atoms with Gasteiger partial charge in [0.1, 0.15) is 5.60 Å². The van der Waals surface area contributed by atoms with Crippen molar-refractivity contribution in [2.24, 2.45) is 5.92 Å². The van der Waals surface area contributed by atoms with Crippen molar-refractivity contribution in [1.82, 2.24) is 24.8 Å². The summed E-state index contributed by atoms with van der Waals surface area (Å²) in [6, 6.07) is 3.71. The van der Waals surface area contributed by atoms with Crippen LogP contribution < -0.4 is 5.32 Å². The van der Waals surface area contributed by atoms with Gasteiger partial charge in [-0.25, -0.2) is 4.98 Å². The first kappa shape index (κ1) is 23.9. The van der Waals surface area contributed by atoms with E-state index in [-0.39, 0.29) is 30.1 Å². The molecule has 2 aliphatic heterocycles. The molecule has 2 aromatic heterocycles. The largest absolute Gasteiger partial charge is 0.459 e. The standard InChI is InChI=1S/C25H33N5O4/c1-17-5-6-19(23(32)27-9-4-11-29-14-10-26-16-29)22(28-17)18-7-12-30(13-8-18)24(33)20-15-21(31)34-25(20,2)3/h5-6,10,14,16,18,20H,4,7-9,11-13,15H2,1-3H3,(H,27,32). The number of nitrogens with one attached hydrogen (secondary N) is 1. The van der Waals surface area contributed by atoms with Crippen LogP contribution in [0.5, 0.6) is 0 Å². The molecule has 1 atom stereocenters. The van der Waals surface area contributed by atoms with Crippen molar-refractivity contribution in [3.63, 3.8) is 0 Å². The maximum atomic E-state index is 13.1. The summed E-state index contributed by atoms with van der Waals surface area (Å²) in [5, 5.41) is 3.01. The molecule has 0 aliphatic carbocycles. The number of esters is 1. The zero-order valence-electron chi connectivity index (χ0n) is 20.1. The molecule has 1 N–H and O–H groups in total. The second kappa shape index (κ2) is 9.95. The molecule has 1 unspecified atom stereocenters. The van der Waals surface area contributed by atoms with Gasteiger partial charge in [0.15, 0.2) is 0 Å². The Bertz CT molecular complexity index is 1040. The third kappa shape index (κ3) is 5.29. The third-order valence-corrected chi connectivity index (χ3v) is 6.82. The summed E-state index contributed by atoms with van der Waals surface area (Å²) < 4.78 is 7.32. The van der Waals surface area contributed by atoms with E-state index in [0.717, 1.165) is 37.2 Å². The van der Waals surface area contributed by atoms with E-state index in [2.05, 4.69) is 10.3 Å². The Morgan fingerprint density at radius 3 is 2.65 bits per heavy atom. The van der Waals surface area contributed by atoms with E-state index >= 15 is 0 Å². The number of piperidine rings is 1. The summed E-state index contributed by atoms with van der Waals surface area (Å²) >= 11 is 0. The molecule has 0 aromatic carbocycles. The van der Waals surface area contributed by atoms with E-state index in [9.17, 15) is 14.4 Å². The number of nitrogens with zero attached hydrogens (tertiary/aromatic N) is 4. The lowest BCUT2D eigenvalue weighted by atomic mass is 9.86. The van der Waals surface area contributed by atoms with Crippen LogP contribution in [0.1, 0.15) is 67.2 Å². The molecule has 34 heavy (non-hydrogen) atoms. The molecule has 0 radical (unpaired) electrons. The highest BCUT2D eigenvalue weighted by Crippen LogP contribution is 2.36. The van der Waals surface area contributed by atoms with Crippen LogP contribution in [-0.4, -0.2) is 62.5 Å². The topological polar surface area (TPSA) is 106 Å². The fourth-order valence-corrected chi connectivity index (χ4v) is 4.85. The predicted octanol–water partition coefficient (Wildman–Crippen LogP) is 2.45. The smallest absolute Gasteiger partial charge is 0.307 e. The van der Waals surface area contributed by atoms with Gasteiger partial charge < -0.3 is 19.5 Å². The zero-order chi connectivity index (χ0) is 24.3. The van der Waals surface area contributed by atoms with Crippen LogP contribution >= 0.6 is 0 Å². The van der Waals surface area contributed by atoms with Crippen LogP contribution in [0, 0.1) is 12.8 Å². The molecule has 0 saturated carbocycles. The molecule has 9 heteroatoms. The normalized spacial score (nSPS) is 20.3.